The van der Waals surface area contributed by atoms with Gasteiger partial charge in [-0.3, -0.25) is 4.79 Å². The molecule has 0 saturated carbocycles. The predicted octanol–water partition coefficient (Wildman–Crippen LogP) is 2.48. The number of carbonyl (C=O) groups excluding carboxylic acids is 2. The first kappa shape index (κ1) is 22.8. The summed E-state index contributed by atoms with van der Waals surface area (Å²) in [5, 5.41) is 15.6. The second-order valence-corrected chi connectivity index (χ2v) is 7.78. The molecule has 27 heavy (non-hydrogen) atoms. The number of rotatable bonds is 9. The number of aliphatic hydroxyl groups excluding tert-OH is 1. The summed E-state index contributed by atoms with van der Waals surface area (Å²) in [4.78, 5) is 24.2. The van der Waals surface area contributed by atoms with Crippen molar-refractivity contribution in [2.75, 3.05) is 13.2 Å². The zero-order valence-electron chi connectivity index (χ0n) is 16.8. The van der Waals surface area contributed by atoms with Gasteiger partial charge in [-0.25, -0.2) is 4.79 Å². The van der Waals surface area contributed by atoms with Crippen LogP contribution in [0.4, 0.5) is 4.79 Å². The van der Waals surface area contributed by atoms with Crippen LogP contribution in [0.1, 0.15) is 41.0 Å². The number of hydrogen-bond donors (Lipinski definition) is 3. The van der Waals surface area contributed by atoms with Crippen LogP contribution in [-0.4, -0.2) is 48.0 Å². The quantitative estimate of drug-likeness (QED) is 0.572. The predicted molar refractivity (Wildman–Crippen MR) is 104 cm³/mol. The van der Waals surface area contributed by atoms with E-state index in [1.807, 2.05) is 44.2 Å². The third kappa shape index (κ3) is 9.84. The largest absolute Gasteiger partial charge is 0.492 e. The highest BCUT2D eigenvalue weighted by Crippen LogP contribution is 2.12. The van der Waals surface area contributed by atoms with Crippen LogP contribution in [0.15, 0.2) is 30.3 Å². The Bertz CT molecular complexity index is 584. The minimum atomic E-state index is -1.38. The molecule has 1 aromatic carbocycles. The lowest BCUT2D eigenvalue weighted by molar-refractivity contribution is -0.131. The Labute approximate surface area is 161 Å². The van der Waals surface area contributed by atoms with E-state index in [-0.39, 0.29) is 19.1 Å². The molecule has 0 radical (unpaired) electrons. The monoisotopic (exact) mass is 380 g/mol. The van der Waals surface area contributed by atoms with Crippen molar-refractivity contribution in [3.8, 4) is 5.75 Å². The molecule has 0 saturated heterocycles. The van der Waals surface area contributed by atoms with Gasteiger partial charge in [0.1, 0.15) is 18.0 Å². The molecule has 0 spiro atoms. The van der Waals surface area contributed by atoms with Crippen molar-refractivity contribution in [1.82, 2.24) is 10.6 Å². The maximum atomic E-state index is 12.2. The van der Waals surface area contributed by atoms with E-state index in [1.54, 1.807) is 20.8 Å². The number of benzene rings is 1. The first-order chi connectivity index (χ1) is 12.6. The second-order valence-electron chi connectivity index (χ2n) is 7.78. The topological polar surface area (TPSA) is 96.9 Å². The fraction of sp³-hybridized carbons (Fsp3) is 0.600. The number of para-hydroxylation sites is 1. The number of ether oxygens (including phenoxy) is 2. The molecule has 1 rings (SSSR count). The summed E-state index contributed by atoms with van der Waals surface area (Å²) in [5.74, 6) is 0.318. The first-order valence-electron chi connectivity index (χ1n) is 9.21. The maximum absolute atomic E-state index is 12.2. The molecular formula is C20H32N2O5. The number of nitrogens with one attached hydrogen (secondary N) is 2. The highest BCUT2D eigenvalue weighted by molar-refractivity contribution is 5.82. The molecule has 0 aliphatic heterocycles. The van der Waals surface area contributed by atoms with Gasteiger partial charge in [0.05, 0.1) is 12.6 Å². The number of hydrogen-bond acceptors (Lipinski definition) is 5. The van der Waals surface area contributed by atoms with Crippen LogP contribution in [-0.2, 0) is 9.53 Å². The van der Waals surface area contributed by atoms with E-state index in [9.17, 15) is 14.7 Å². The normalized spacial score (nSPS) is 13.6. The second kappa shape index (κ2) is 10.8. The Morgan fingerprint density at radius 2 is 1.78 bits per heavy atom. The van der Waals surface area contributed by atoms with E-state index in [2.05, 4.69) is 10.6 Å². The Kier molecular flexibility index (Phi) is 9.08. The summed E-state index contributed by atoms with van der Waals surface area (Å²) >= 11 is 0. The molecule has 1 aromatic rings. The van der Waals surface area contributed by atoms with E-state index in [0.29, 0.717) is 12.2 Å². The van der Waals surface area contributed by atoms with Crippen LogP contribution >= 0.6 is 0 Å². The Balaban J connectivity index is 2.51. The van der Waals surface area contributed by atoms with Gasteiger partial charge in [-0.05, 0) is 45.2 Å². The molecule has 0 fully saturated rings. The smallest absolute Gasteiger partial charge is 0.407 e. The van der Waals surface area contributed by atoms with Crippen LogP contribution in [0.25, 0.3) is 0 Å². The number of carbonyl (C=O) groups is 2. The van der Waals surface area contributed by atoms with Crippen molar-refractivity contribution < 1.29 is 24.2 Å². The minimum Gasteiger partial charge on any atom is -0.492 e. The van der Waals surface area contributed by atoms with Gasteiger partial charge in [-0.1, -0.05) is 32.0 Å². The molecule has 0 bridgehead atoms. The Morgan fingerprint density at radius 1 is 1.15 bits per heavy atom. The zero-order chi connectivity index (χ0) is 20.4. The molecule has 0 heterocycles. The number of aliphatic hydroxyl groups is 1. The standard InChI is InChI=1S/C20H32N2O5/c1-14(2)13-16(22-19(25)27-20(3,4)5)17(23)18(24)21-11-12-26-15-9-7-6-8-10-15/h6-10,14,16-17,23H,11-13H2,1-5H3,(H,21,24)(H,22,25). The molecule has 152 valence electrons. The zero-order valence-corrected chi connectivity index (χ0v) is 16.8. The van der Waals surface area contributed by atoms with Gasteiger partial charge in [0.2, 0.25) is 0 Å². The van der Waals surface area contributed by atoms with E-state index >= 15 is 0 Å². The van der Waals surface area contributed by atoms with Gasteiger partial charge < -0.3 is 25.2 Å². The number of amides is 2. The molecule has 0 aliphatic carbocycles. The van der Waals surface area contributed by atoms with Crippen LogP contribution in [0.3, 0.4) is 0 Å². The van der Waals surface area contributed by atoms with Gasteiger partial charge in [0.15, 0.2) is 6.10 Å². The van der Waals surface area contributed by atoms with Crippen molar-refractivity contribution in [3.63, 3.8) is 0 Å². The van der Waals surface area contributed by atoms with E-state index in [0.717, 1.165) is 0 Å². The van der Waals surface area contributed by atoms with Gasteiger partial charge >= 0.3 is 6.09 Å². The average molecular weight is 380 g/mol. The van der Waals surface area contributed by atoms with Gasteiger partial charge in [0, 0.05) is 0 Å². The molecule has 0 aromatic heterocycles. The van der Waals surface area contributed by atoms with Crippen molar-refractivity contribution in [2.45, 2.75) is 58.8 Å². The van der Waals surface area contributed by atoms with E-state index in [4.69, 9.17) is 9.47 Å². The maximum Gasteiger partial charge on any atom is 0.407 e. The fourth-order valence-corrected chi connectivity index (χ4v) is 2.38. The average Bonchev–Trinajstić information content (AvgIpc) is 2.56. The highest BCUT2D eigenvalue weighted by Gasteiger charge is 2.29. The SMILES string of the molecule is CC(C)CC(NC(=O)OC(C)(C)C)C(O)C(=O)NCCOc1ccccc1. The molecular weight excluding hydrogens is 348 g/mol. The van der Waals surface area contributed by atoms with Crippen LogP contribution in [0.5, 0.6) is 5.75 Å². The summed E-state index contributed by atoms with van der Waals surface area (Å²) in [6.45, 7) is 9.66. The van der Waals surface area contributed by atoms with Crippen LogP contribution in [0, 0.1) is 5.92 Å². The molecule has 7 nitrogen and oxygen atoms in total. The van der Waals surface area contributed by atoms with Gasteiger partial charge in [-0.15, -0.1) is 0 Å². The van der Waals surface area contributed by atoms with Crippen molar-refractivity contribution in [2.24, 2.45) is 5.92 Å². The summed E-state index contributed by atoms with van der Waals surface area (Å²) < 4.78 is 10.7. The third-order valence-corrected chi connectivity index (χ3v) is 3.49. The van der Waals surface area contributed by atoms with Crippen LogP contribution in [0.2, 0.25) is 0 Å². The molecule has 2 atom stereocenters. The molecule has 2 amide bonds. The van der Waals surface area contributed by atoms with E-state index < -0.39 is 29.7 Å². The van der Waals surface area contributed by atoms with Gasteiger partial charge in [-0.2, -0.15) is 0 Å². The highest BCUT2D eigenvalue weighted by atomic mass is 16.6. The van der Waals surface area contributed by atoms with Crippen molar-refractivity contribution in [3.05, 3.63) is 30.3 Å². The molecule has 0 aliphatic rings. The summed E-state index contributed by atoms with van der Waals surface area (Å²) in [7, 11) is 0. The van der Waals surface area contributed by atoms with Crippen molar-refractivity contribution >= 4 is 12.0 Å². The van der Waals surface area contributed by atoms with Gasteiger partial charge in [0.25, 0.3) is 5.91 Å². The lowest BCUT2D eigenvalue weighted by Gasteiger charge is -2.27. The molecule has 2 unspecified atom stereocenters. The Hall–Kier alpha value is -2.28. The lowest BCUT2D eigenvalue weighted by atomic mass is 9.99. The van der Waals surface area contributed by atoms with E-state index in [1.165, 1.54) is 0 Å². The minimum absolute atomic E-state index is 0.175. The lowest BCUT2D eigenvalue weighted by Crippen LogP contribution is -2.52. The first-order valence-corrected chi connectivity index (χ1v) is 9.21. The molecule has 3 N–H and O–H groups in total. The summed E-state index contributed by atoms with van der Waals surface area (Å²) in [6.07, 6.45) is -1.60. The third-order valence-electron chi connectivity index (χ3n) is 3.49. The van der Waals surface area contributed by atoms with Crippen LogP contribution < -0.4 is 15.4 Å². The van der Waals surface area contributed by atoms with Crippen molar-refractivity contribution in [1.29, 1.82) is 0 Å². The summed E-state index contributed by atoms with van der Waals surface area (Å²) in [5.41, 5.74) is -0.658. The number of alkyl carbamates (subject to hydrolysis) is 1. The Morgan fingerprint density at radius 3 is 2.33 bits per heavy atom. The summed E-state index contributed by atoms with van der Waals surface area (Å²) in [6, 6.07) is 8.50. The fourth-order valence-electron chi connectivity index (χ4n) is 2.38. The molecule has 7 heteroatoms.